The quantitative estimate of drug-likeness (QED) is 0.842. The summed E-state index contributed by atoms with van der Waals surface area (Å²) in [6.07, 6.45) is 0.868. The molecule has 0 aliphatic rings. The Morgan fingerprint density at radius 1 is 1.05 bits per heavy atom. The van der Waals surface area contributed by atoms with Gasteiger partial charge in [-0.2, -0.15) is 0 Å². The third-order valence-electron chi connectivity index (χ3n) is 3.11. The molecule has 0 saturated carbocycles. The Morgan fingerprint density at radius 3 is 2.45 bits per heavy atom. The van der Waals surface area contributed by atoms with E-state index in [1.54, 1.807) is 30.3 Å². The van der Waals surface area contributed by atoms with E-state index in [1.807, 2.05) is 6.92 Å². The molecule has 0 radical (unpaired) electrons. The summed E-state index contributed by atoms with van der Waals surface area (Å²) in [5.41, 5.74) is 0.776. The smallest absolute Gasteiger partial charge is 0.146 e. The number of nitrogens with one attached hydrogen (secondary N) is 1. The van der Waals surface area contributed by atoms with Crippen LogP contribution in [0.5, 0.6) is 0 Å². The van der Waals surface area contributed by atoms with Gasteiger partial charge in [-0.25, -0.2) is 8.78 Å². The summed E-state index contributed by atoms with van der Waals surface area (Å²) in [6.45, 7) is 2.66. The lowest BCUT2D eigenvalue weighted by molar-refractivity contribution is 0.520. The lowest BCUT2D eigenvalue weighted by Gasteiger charge is -2.21. The molecule has 2 rings (SSSR count). The van der Waals surface area contributed by atoms with E-state index in [0.29, 0.717) is 17.7 Å². The maximum absolute atomic E-state index is 14.2. The van der Waals surface area contributed by atoms with Gasteiger partial charge >= 0.3 is 0 Å². The predicted octanol–water partition coefficient (Wildman–Crippen LogP) is 4.71. The van der Waals surface area contributed by atoms with Crippen LogP contribution in [0.1, 0.15) is 30.5 Å². The first-order chi connectivity index (χ1) is 9.65. The van der Waals surface area contributed by atoms with Gasteiger partial charge in [0.2, 0.25) is 0 Å². The summed E-state index contributed by atoms with van der Waals surface area (Å²) < 4.78 is 28.2. The zero-order valence-corrected chi connectivity index (χ0v) is 11.9. The zero-order valence-electron chi connectivity index (χ0n) is 11.2. The van der Waals surface area contributed by atoms with Crippen LogP contribution in [0.2, 0.25) is 5.02 Å². The molecule has 1 atom stereocenters. The van der Waals surface area contributed by atoms with Crippen molar-refractivity contribution in [3.8, 4) is 0 Å². The van der Waals surface area contributed by atoms with Gasteiger partial charge in [0.15, 0.2) is 0 Å². The lowest BCUT2D eigenvalue weighted by Crippen LogP contribution is -2.25. The monoisotopic (exact) mass is 295 g/mol. The SMILES string of the molecule is CCCNC(c1ccccc1F)c1cccc(Cl)c1F. The molecule has 1 unspecified atom stereocenters. The Hall–Kier alpha value is -1.45. The topological polar surface area (TPSA) is 12.0 Å². The minimum Gasteiger partial charge on any atom is -0.306 e. The van der Waals surface area contributed by atoms with E-state index in [9.17, 15) is 8.78 Å². The van der Waals surface area contributed by atoms with Crippen LogP contribution in [0.25, 0.3) is 0 Å². The number of rotatable bonds is 5. The van der Waals surface area contributed by atoms with Crippen LogP contribution in [0, 0.1) is 11.6 Å². The maximum Gasteiger partial charge on any atom is 0.146 e. The molecule has 106 valence electrons. The van der Waals surface area contributed by atoms with Crippen molar-refractivity contribution in [3.63, 3.8) is 0 Å². The average molecular weight is 296 g/mol. The molecule has 0 amide bonds. The van der Waals surface area contributed by atoms with Gasteiger partial charge in [0.05, 0.1) is 11.1 Å². The van der Waals surface area contributed by atoms with E-state index in [2.05, 4.69) is 5.32 Å². The molecule has 2 aromatic carbocycles. The third-order valence-corrected chi connectivity index (χ3v) is 3.40. The van der Waals surface area contributed by atoms with Crippen LogP contribution in [-0.4, -0.2) is 6.54 Å². The Morgan fingerprint density at radius 2 is 1.75 bits per heavy atom. The van der Waals surface area contributed by atoms with E-state index < -0.39 is 11.9 Å². The Bertz CT molecular complexity index is 586. The van der Waals surface area contributed by atoms with Gasteiger partial charge in [-0.05, 0) is 25.1 Å². The Balaban J connectivity index is 2.47. The van der Waals surface area contributed by atoms with Crippen LogP contribution in [0.3, 0.4) is 0 Å². The fraction of sp³-hybridized carbons (Fsp3) is 0.250. The summed E-state index contributed by atoms with van der Waals surface area (Å²) in [4.78, 5) is 0. The van der Waals surface area contributed by atoms with Crippen LogP contribution >= 0.6 is 11.6 Å². The van der Waals surface area contributed by atoms with E-state index in [1.165, 1.54) is 12.1 Å². The molecule has 0 bridgehead atoms. The highest BCUT2D eigenvalue weighted by Crippen LogP contribution is 2.29. The lowest BCUT2D eigenvalue weighted by atomic mass is 9.97. The fourth-order valence-corrected chi connectivity index (χ4v) is 2.31. The van der Waals surface area contributed by atoms with Gasteiger partial charge in [-0.15, -0.1) is 0 Å². The van der Waals surface area contributed by atoms with Gasteiger partial charge in [-0.3, -0.25) is 0 Å². The molecule has 1 nitrogen and oxygen atoms in total. The average Bonchev–Trinajstić information content (AvgIpc) is 2.45. The van der Waals surface area contributed by atoms with Crippen molar-refractivity contribution >= 4 is 11.6 Å². The Kier molecular flexibility index (Phi) is 5.10. The van der Waals surface area contributed by atoms with Gasteiger partial charge in [0.25, 0.3) is 0 Å². The highest BCUT2D eigenvalue weighted by atomic mass is 35.5. The second kappa shape index (κ2) is 6.82. The van der Waals surface area contributed by atoms with Crippen LogP contribution in [0.4, 0.5) is 8.78 Å². The largest absolute Gasteiger partial charge is 0.306 e. The van der Waals surface area contributed by atoms with Gasteiger partial charge in [0.1, 0.15) is 11.6 Å². The van der Waals surface area contributed by atoms with Crippen LogP contribution in [-0.2, 0) is 0 Å². The summed E-state index contributed by atoms with van der Waals surface area (Å²) in [7, 11) is 0. The third kappa shape index (κ3) is 3.17. The minimum absolute atomic E-state index is 0.0436. The van der Waals surface area contributed by atoms with Crippen molar-refractivity contribution in [1.82, 2.24) is 5.32 Å². The first-order valence-corrected chi connectivity index (χ1v) is 6.94. The first-order valence-electron chi connectivity index (χ1n) is 6.56. The van der Waals surface area contributed by atoms with Gasteiger partial charge < -0.3 is 5.32 Å². The summed E-state index contributed by atoms with van der Waals surface area (Å²) in [5.74, 6) is -0.869. The van der Waals surface area contributed by atoms with Gasteiger partial charge in [-0.1, -0.05) is 48.9 Å². The molecular weight excluding hydrogens is 280 g/mol. The van der Waals surface area contributed by atoms with Crippen molar-refractivity contribution in [2.24, 2.45) is 0 Å². The zero-order chi connectivity index (χ0) is 14.5. The van der Waals surface area contributed by atoms with Crippen molar-refractivity contribution < 1.29 is 8.78 Å². The number of hydrogen-bond acceptors (Lipinski definition) is 1. The number of hydrogen-bond donors (Lipinski definition) is 1. The molecule has 0 aromatic heterocycles. The van der Waals surface area contributed by atoms with Crippen LogP contribution < -0.4 is 5.32 Å². The molecule has 1 N–H and O–H groups in total. The predicted molar refractivity (Wildman–Crippen MR) is 77.9 cm³/mol. The molecule has 4 heteroatoms. The summed E-state index contributed by atoms with van der Waals surface area (Å²) in [6, 6.07) is 10.6. The molecule has 0 aliphatic carbocycles. The second-order valence-corrected chi connectivity index (χ2v) is 4.96. The van der Waals surface area contributed by atoms with Crippen molar-refractivity contribution in [2.45, 2.75) is 19.4 Å². The molecule has 0 fully saturated rings. The van der Waals surface area contributed by atoms with Crippen molar-refractivity contribution in [3.05, 3.63) is 70.2 Å². The Labute approximate surface area is 122 Å². The maximum atomic E-state index is 14.2. The summed E-state index contributed by atoms with van der Waals surface area (Å²) >= 11 is 5.82. The number of halogens is 3. The molecule has 0 saturated heterocycles. The first kappa shape index (κ1) is 14.9. The molecular formula is C16H16ClF2N. The summed E-state index contributed by atoms with van der Waals surface area (Å²) in [5, 5.41) is 3.22. The molecule has 20 heavy (non-hydrogen) atoms. The normalized spacial score (nSPS) is 12.4. The van der Waals surface area contributed by atoms with Crippen LogP contribution in [0.15, 0.2) is 42.5 Å². The standard InChI is InChI=1S/C16H16ClF2N/c1-2-10-20-16(11-6-3-4-9-14(11)18)12-7-5-8-13(17)15(12)19/h3-9,16,20H,2,10H2,1H3. The fourth-order valence-electron chi connectivity index (χ4n) is 2.13. The molecule has 2 aromatic rings. The number of benzene rings is 2. The molecule has 0 spiro atoms. The van der Waals surface area contributed by atoms with Crippen molar-refractivity contribution in [2.75, 3.05) is 6.54 Å². The highest BCUT2D eigenvalue weighted by Gasteiger charge is 2.21. The van der Waals surface area contributed by atoms with E-state index in [4.69, 9.17) is 11.6 Å². The van der Waals surface area contributed by atoms with Crippen molar-refractivity contribution in [1.29, 1.82) is 0 Å². The molecule has 0 heterocycles. The van der Waals surface area contributed by atoms with E-state index in [-0.39, 0.29) is 10.8 Å². The molecule has 0 aliphatic heterocycles. The van der Waals surface area contributed by atoms with Gasteiger partial charge in [0, 0.05) is 11.1 Å². The van der Waals surface area contributed by atoms with E-state index >= 15 is 0 Å². The van der Waals surface area contributed by atoms with E-state index in [0.717, 1.165) is 6.42 Å². The second-order valence-electron chi connectivity index (χ2n) is 4.55. The minimum atomic E-state index is -0.546. The highest BCUT2D eigenvalue weighted by molar-refractivity contribution is 6.30.